The van der Waals surface area contributed by atoms with Crippen LogP contribution in [0.5, 0.6) is 17.2 Å². The van der Waals surface area contributed by atoms with Gasteiger partial charge in [-0.05, 0) is 36.4 Å². The summed E-state index contributed by atoms with van der Waals surface area (Å²) in [5, 5.41) is 9.46. The van der Waals surface area contributed by atoms with Crippen LogP contribution in [0.2, 0.25) is 0 Å². The van der Waals surface area contributed by atoms with E-state index in [9.17, 15) is 4.79 Å². The second-order valence-corrected chi connectivity index (χ2v) is 7.03. The van der Waals surface area contributed by atoms with Gasteiger partial charge in [0.15, 0.2) is 11.5 Å². The number of para-hydroxylation sites is 2. The van der Waals surface area contributed by atoms with Gasteiger partial charge in [-0.25, -0.2) is 4.98 Å². The van der Waals surface area contributed by atoms with Gasteiger partial charge in [0.05, 0.1) is 13.3 Å². The molecule has 0 aliphatic heterocycles. The van der Waals surface area contributed by atoms with Gasteiger partial charge in [-0.1, -0.05) is 12.1 Å². The predicted octanol–water partition coefficient (Wildman–Crippen LogP) is 4.60. The number of carbonyl (C=O) groups is 1. The molecule has 0 saturated heterocycles. The summed E-state index contributed by atoms with van der Waals surface area (Å²) < 4.78 is 12.8. The Morgan fingerprint density at radius 3 is 2.55 bits per heavy atom. The molecule has 0 atom stereocenters. The fraction of sp³-hybridized carbons (Fsp3) is 0.0952. The van der Waals surface area contributed by atoms with E-state index >= 15 is 0 Å². The maximum absolute atomic E-state index is 12.5. The van der Waals surface area contributed by atoms with Crippen molar-refractivity contribution >= 4 is 22.9 Å². The standard InChI is InChI=1S/C21H18N4O3S/c1-25-12-14(11-22-25)21-24-17(13-29-21)20(26)23-15-7-9-16(10-8-15)28-19-6-4-3-5-18(19)27-2/h3-13H,1-2H3,(H,23,26). The lowest BCUT2D eigenvalue weighted by Gasteiger charge is -2.10. The fourth-order valence-electron chi connectivity index (χ4n) is 2.67. The van der Waals surface area contributed by atoms with Crippen molar-refractivity contribution < 1.29 is 14.3 Å². The molecule has 1 amide bonds. The molecule has 0 aliphatic carbocycles. The Morgan fingerprint density at radius 1 is 1.10 bits per heavy atom. The topological polar surface area (TPSA) is 78.3 Å². The Kier molecular flexibility index (Phi) is 5.26. The third kappa shape index (κ3) is 4.27. The molecule has 2 aromatic carbocycles. The average molecular weight is 406 g/mol. The highest BCUT2D eigenvalue weighted by Gasteiger charge is 2.13. The minimum atomic E-state index is -0.269. The molecule has 0 unspecified atom stereocenters. The molecule has 1 N–H and O–H groups in total. The number of ether oxygens (including phenoxy) is 2. The molecule has 2 aromatic heterocycles. The molecular weight excluding hydrogens is 388 g/mol. The van der Waals surface area contributed by atoms with E-state index in [0.717, 1.165) is 10.6 Å². The van der Waals surface area contributed by atoms with E-state index in [0.29, 0.717) is 28.6 Å². The molecule has 29 heavy (non-hydrogen) atoms. The first-order chi connectivity index (χ1) is 14.1. The van der Waals surface area contributed by atoms with Crippen LogP contribution in [0.25, 0.3) is 10.6 Å². The Morgan fingerprint density at radius 2 is 1.86 bits per heavy atom. The SMILES string of the molecule is COc1ccccc1Oc1ccc(NC(=O)c2csc(-c3cnn(C)c3)n2)cc1. The summed E-state index contributed by atoms with van der Waals surface area (Å²) in [7, 11) is 3.44. The fourth-order valence-corrected chi connectivity index (χ4v) is 3.45. The molecule has 2 heterocycles. The number of anilines is 1. The van der Waals surface area contributed by atoms with Crippen molar-refractivity contribution in [1.29, 1.82) is 0 Å². The summed E-state index contributed by atoms with van der Waals surface area (Å²) in [5.74, 6) is 1.64. The second kappa shape index (κ2) is 8.15. The van der Waals surface area contributed by atoms with Crippen LogP contribution in [-0.2, 0) is 7.05 Å². The van der Waals surface area contributed by atoms with Crippen LogP contribution < -0.4 is 14.8 Å². The number of thiazole rings is 1. The molecule has 0 saturated carbocycles. The number of hydrogen-bond acceptors (Lipinski definition) is 6. The molecule has 0 spiro atoms. The maximum Gasteiger partial charge on any atom is 0.275 e. The van der Waals surface area contributed by atoms with Crippen LogP contribution in [0.3, 0.4) is 0 Å². The number of amides is 1. The number of methoxy groups -OCH3 is 1. The summed E-state index contributed by atoms with van der Waals surface area (Å²) in [6.45, 7) is 0. The Bertz CT molecular complexity index is 1130. The van der Waals surface area contributed by atoms with Gasteiger partial charge in [0.25, 0.3) is 5.91 Å². The second-order valence-electron chi connectivity index (χ2n) is 6.17. The number of nitrogens with one attached hydrogen (secondary N) is 1. The molecule has 8 heteroatoms. The third-order valence-electron chi connectivity index (χ3n) is 4.10. The summed E-state index contributed by atoms with van der Waals surface area (Å²) in [4.78, 5) is 16.9. The van der Waals surface area contributed by atoms with E-state index in [4.69, 9.17) is 9.47 Å². The predicted molar refractivity (Wildman–Crippen MR) is 112 cm³/mol. The van der Waals surface area contributed by atoms with Crippen LogP contribution in [0, 0.1) is 0 Å². The lowest BCUT2D eigenvalue weighted by Crippen LogP contribution is -2.12. The van der Waals surface area contributed by atoms with E-state index in [1.165, 1.54) is 11.3 Å². The van der Waals surface area contributed by atoms with Gasteiger partial charge in [-0.3, -0.25) is 9.48 Å². The lowest BCUT2D eigenvalue weighted by molar-refractivity contribution is 0.102. The number of rotatable bonds is 6. The number of carbonyl (C=O) groups excluding carboxylic acids is 1. The van der Waals surface area contributed by atoms with Crippen molar-refractivity contribution in [2.75, 3.05) is 12.4 Å². The molecule has 0 radical (unpaired) electrons. The first-order valence-electron chi connectivity index (χ1n) is 8.79. The molecular formula is C21H18N4O3S. The van der Waals surface area contributed by atoms with Crippen LogP contribution in [0.4, 0.5) is 5.69 Å². The number of nitrogens with zero attached hydrogens (tertiary/aromatic N) is 3. The normalized spacial score (nSPS) is 10.6. The zero-order valence-corrected chi connectivity index (χ0v) is 16.6. The summed E-state index contributed by atoms with van der Waals surface area (Å²) in [6, 6.07) is 14.5. The molecule has 4 rings (SSSR count). The quantitative estimate of drug-likeness (QED) is 0.506. The minimum absolute atomic E-state index is 0.269. The van der Waals surface area contributed by atoms with E-state index in [1.54, 1.807) is 47.6 Å². The number of aromatic nitrogens is 3. The largest absolute Gasteiger partial charge is 0.493 e. The van der Waals surface area contributed by atoms with E-state index < -0.39 is 0 Å². The Hall–Kier alpha value is -3.65. The lowest BCUT2D eigenvalue weighted by atomic mass is 10.3. The summed E-state index contributed by atoms with van der Waals surface area (Å²) in [6.07, 6.45) is 3.59. The van der Waals surface area contributed by atoms with E-state index in [1.807, 2.05) is 37.5 Å². The van der Waals surface area contributed by atoms with Crippen molar-refractivity contribution in [3.05, 3.63) is 72.0 Å². The molecule has 0 aliphatic rings. The monoisotopic (exact) mass is 406 g/mol. The summed E-state index contributed by atoms with van der Waals surface area (Å²) >= 11 is 1.40. The van der Waals surface area contributed by atoms with Gasteiger partial charge >= 0.3 is 0 Å². The van der Waals surface area contributed by atoms with E-state index in [2.05, 4.69) is 15.4 Å². The maximum atomic E-state index is 12.5. The van der Waals surface area contributed by atoms with Gasteiger partial charge in [0.1, 0.15) is 16.5 Å². The van der Waals surface area contributed by atoms with Gasteiger partial charge in [-0.2, -0.15) is 5.10 Å². The highest BCUT2D eigenvalue weighted by atomic mass is 32.1. The van der Waals surface area contributed by atoms with Crippen molar-refractivity contribution in [2.45, 2.75) is 0 Å². The Balaban J connectivity index is 1.42. The number of aryl methyl sites for hydroxylation is 1. The number of hydrogen-bond donors (Lipinski definition) is 1. The van der Waals surface area contributed by atoms with Gasteiger partial charge in [-0.15, -0.1) is 11.3 Å². The molecule has 4 aromatic rings. The smallest absolute Gasteiger partial charge is 0.275 e. The highest BCUT2D eigenvalue weighted by molar-refractivity contribution is 7.13. The van der Waals surface area contributed by atoms with Crippen LogP contribution in [0.1, 0.15) is 10.5 Å². The first kappa shape index (κ1) is 18.7. The molecule has 7 nitrogen and oxygen atoms in total. The zero-order valence-electron chi connectivity index (χ0n) is 15.8. The minimum Gasteiger partial charge on any atom is -0.493 e. The van der Waals surface area contributed by atoms with Crippen LogP contribution in [0.15, 0.2) is 66.3 Å². The van der Waals surface area contributed by atoms with Crippen molar-refractivity contribution in [3.8, 4) is 27.8 Å². The van der Waals surface area contributed by atoms with Gasteiger partial charge in [0.2, 0.25) is 0 Å². The molecule has 0 bridgehead atoms. The number of benzene rings is 2. The van der Waals surface area contributed by atoms with Gasteiger partial charge in [0, 0.05) is 29.9 Å². The van der Waals surface area contributed by atoms with Gasteiger partial charge < -0.3 is 14.8 Å². The highest BCUT2D eigenvalue weighted by Crippen LogP contribution is 2.31. The average Bonchev–Trinajstić information content (AvgIpc) is 3.39. The molecule has 0 fully saturated rings. The van der Waals surface area contributed by atoms with E-state index in [-0.39, 0.29) is 5.91 Å². The van der Waals surface area contributed by atoms with Crippen molar-refractivity contribution in [3.63, 3.8) is 0 Å². The summed E-state index contributed by atoms with van der Waals surface area (Å²) in [5.41, 5.74) is 1.90. The third-order valence-corrected chi connectivity index (χ3v) is 4.99. The van der Waals surface area contributed by atoms with Crippen molar-refractivity contribution in [1.82, 2.24) is 14.8 Å². The van der Waals surface area contributed by atoms with Crippen LogP contribution in [-0.4, -0.2) is 27.8 Å². The van der Waals surface area contributed by atoms with Crippen molar-refractivity contribution in [2.24, 2.45) is 7.05 Å². The first-order valence-corrected chi connectivity index (χ1v) is 9.67. The Labute approximate surface area is 171 Å². The van der Waals surface area contributed by atoms with Crippen LogP contribution >= 0.6 is 11.3 Å². The zero-order chi connectivity index (χ0) is 20.2. The molecule has 146 valence electrons.